The molecule has 0 radical (unpaired) electrons. The van der Waals surface area contributed by atoms with Crippen LogP contribution in [-0.2, 0) is 11.3 Å². The van der Waals surface area contributed by atoms with Crippen molar-refractivity contribution in [2.75, 3.05) is 42.7 Å². The summed E-state index contributed by atoms with van der Waals surface area (Å²) in [5.74, 6) is 1.19. The Morgan fingerprint density at radius 2 is 1.31 bits per heavy atom. The largest absolute Gasteiger partial charge is 0.493 e. The quantitative estimate of drug-likeness (QED) is 0.278. The minimum absolute atomic E-state index is 0. The molecule has 0 atom stereocenters. The Hall–Kier alpha value is -4.44. The van der Waals surface area contributed by atoms with Gasteiger partial charge in [-0.2, -0.15) is 0 Å². The number of carbonyl (C=O) groups is 1. The number of carbonyl (C=O) groups excluding carboxylic acids is 1. The minimum atomic E-state index is -0.698. The van der Waals surface area contributed by atoms with E-state index in [1.807, 2.05) is 0 Å². The van der Waals surface area contributed by atoms with Gasteiger partial charge in [0.1, 0.15) is 5.69 Å². The van der Waals surface area contributed by atoms with E-state index < -0.39 is 11.5 Å². The van der Waals surface area contributed by atoms with Gasteiger partial charge in [-0.05, 0) is 47.5 Å². The first-order valence-electron chi connectivity index (χ1n) is 11.5. The van der Waals surface area contributed by atoms with Crippen molar-refractivity contribution >= 4 is 29.1 Å². The van der Waals surface area contributed by atoms with Gasteiger partial charge < -0.3 is 28.4 Å². The number of pyridine rings is 2. The molecule has 0 amide bonds. The van der Waals surface area contributed by atoms with Crippen LogP contribution in [0.25, 0.3) is 21.9 Å². The second kappa shape index (κ2) is 12.4. The van der Waals surface area contributed by atoms with Gasteiger partial charge in [-0.25, -0.2) is 4.79 Å². The molecular weight excluding hydrogens is 528 g/mol. The average Bonchev–Trinajstić information content (AvgIpc) is 2.96. The van der Waals surface area contributed by atoms with E-state index >= 15 is 0 Å². The van der Waals surface area contributed by atoms with Gasteiger partial charge in [0, 0.05) is 23.3 Å². The maximum absolute atomic E-state index is 13.9. The summed E-state index contributed by atoms with van der Waals surface area (Å²) < 4.78 is 34.2. The number of halogens is 1. The molecule has 2 aromatic carbocycles. The van der Waals surface area contributed by atoms with Crippen molar-refractivity contribution in [1.82, 2.24) is 9.55 Å². The fraction of sp³-hybridized carbons (Fsp3) is 0.250. The number of nitrogens with zero attached hydrogens (tertiary/aromatic N) is 2. The van der Waals surface area contributed by atoms with Gasteiger partial charge in [0.2, 0.25) is 5.75 Å². The molecule has 4 aromatic rings. The van der Waals surface area contributed by atoms with E-state index in [4.69, 9.17) is 28.4 Å². The molecule has 0 aliphatic rings. The smallest absolute Gasteiger partial charge is 0.355 e. The standard InChI is InChI=1S/C28H28N2O8.ClH/c1-33-20-13-18-19(14-21(20)34-2)27(31)30(15-16-7-9-29-10-8-16)25(28(32)38-6)24(18)17-11-22(35-3)26(37-5)23(12-17)36-4;/h7-14H,15H2,1-6H3;1H. The van der Waals surface area contributed by atoms with E-state index in [1.54, 1.807) is 48.8 Å². The lowest BCUT2D eigenvalue weighted by molar-refractivity contribution is 0.0588. The molecule has 0 saturated carbocycles. The third-order valence-corrected chi connectivity index (χ3v) is 6.20. The van der Waals surface area contributed by atoms with Crippen LogP contribution in [0.3, 0.4) is 0 Å². The maximum Gasteiger partial charge on any atom is 0.355 e. The first-order valence-corrected chi connectivity index (χ1v) is 11.5. The molecule has 39 heavy (non-hydrogen) atoms. The van der Waals surface area contributed by atoms with Crippen molar-refractivity contribution in [2.24, 2.45) is 0 Å². The van der Waals surface area contributed by atoms with Crippen LogP contribution in [0.5, 0.6) is 28.7 Å². The van der Waals surface area contributed by atoms with Crippen LogP contribution >= 0.6 is 12.4 Å². The molecule has 2 heterocycles. The predicted molar refractivity (Wildman–Crippen MR) is 148 cm³/mol. The molecule has 4 rings (SSSR count). The molecule has 0 unspecified atom stereocenters. The number of aromatic nitrogens is 2. The number of rotatable bonds is 9. The summed E-state index contributed by atoms with van der Waals surface area (Å²) in [4.78, 5) is 31.4. The number of hydrogen-bond acceptors (Lipinski definition) is 9. The topological polar surface area (TPSA) is 107 Å². The molecule has 0 spiro atoms. The summed E-state index contributed by atoms with van der Waals surface area (Å²) >= 11 is 0. The molecule has 206 valence electrons. The fourth-order valence-corrected chi connectivity index (χ4v) is 4.42. The zero-order valence-electron chi connectivity index (χ0n) is 22.4. The van der Waals surface area contributed by atoms with Crippen molar-refractivity contribution in [3.63, 3.8) is 0 Å². The summed E-state index contributed by atoms with van der Waals surface area (Å²) in [6.45, 7) is 0.0908. The van der Waals surface area contributed by atoms with Gasteiger partial charge in [-0.3, -0.25) is 14.3 Å². The number of methoxy groups -OCH3 is 6. The van der Waals surface area contributed by atoms with Crippen LogP contribution in [0, 0.1) is 0 Å². The second-order valence-electron chi connectivity index (χ2n) is 8.13. The molecule has 0 bridgehead atoms. The molecule has 10 nitrogen and oxygen atoms in total. The van der Waals surface area contributed by atoms with Crippen molar-refractivity contribution in [3.8, 4) is 39.9 Å². The van der Waals surface area contributed by atoms with E-state index in [0.717, 1.165) is 5.56 Å². The van der Waals surface area contributed by atoms with Crippen molar-refractivity contribution in [3.05, 3.63) is 70.4 Å². The van der Waals surface area contributed by atoms with Crippen molar-refractivity contribution in [2.45, 2.75) is 6.54 Å². The molecular formula is C28H29ClN2O8. The van der Waals surface area contributed by atoms with Crippen molar-refractivity contribution < 1.29 is 33.2 Å². The Kier molecular flexibility index (Phi) is 9.26. The SMILES string of the molecule is COC(=O)c1c(-c2cc(OC)c(OC)c(OC)c2)c2cc(OC)c(OC)cc2c(=O)n1Cc1ccncc1.Cl. The van der Waals surface area contributed by atoms with Crippen LogP contribution in [-0.4, -0.2) is 58.2 Å². The second-order valence-corrected chi connectivity index (χ2v) is 8.13. The first kappa shape index (κ1) is 29.1. The molecule has 0 N–H and O–H groups in total. The highest BCUT2D eigenvalue weighted by atomic mass is 35.5. The van der Waals surface area contributed by atoms with Crippen LogP contribution < -0.4 is 29.2 Å². The molecule has 0 aliphatic carbocycles. The molecule has 0 fully saturated rings. The van der Waals surface area contributed by atoms with Crippen LogP contribution in [0.4, 0.5) is 0 Å². The lowest BCUT2D eigenvalue weighted by atomic mass is 9.95. The number of hydrogen-bond donors (Lipinski definition) is 0. The van der Waals surface area contributed by atoms with E-state index in [0.29, 0.717) is 50.6 Å². The third kappa shape index (κ3) is 5.28. The zero-order chi connectivity index (χ0) is 27.4. The number of ether oxygens (including phenoxy) is 6. The Labute approximate surface area is 231 Å². The Balaban J connectivity index is 0.00000420. The number of fused-ring (bicyclic) bond motifs is 1. The highest BCUT2D eigenvalue weighted by Gasteiger charge is 2.27. The van der Waals surface area contributed by atoms with Crippen LogP contribution in [0.15, 0.2) is 53.6 Å². The number of benzene rings is 2. The number of esters is 1. The Bertz CT molecular complexity index is 1530. The lowest BCUT2D eigenvalue weighted by Gasteiger charge is -2.21. The van der Waals surface area contributed by atoms with Crippen LogP contribution in [0.2, 0.25) is 0 Å². The molecule has 11 heteroatoms. The minimum Gasteiger partial charge on any atom is -0.493 e. The average molecular weight is 557 g/mol. The van der Waals surface area contributed by atoms with Crippen molar-refractivity contribution in [1.29, 1.82) is 0 Å². The predicted octanol–water partition coefficient (Wildman–Crippen LogP) is 4.36. The summed E-state index contributed by atoms with van der Waals surface area (Å²) in [6, 6.07) is 10.2. The Morgan fingerprint density at radius 1 is 0.769 bits per heavy atom. The molecule has 2 aromatic heterocycles. The third-order valence-electron chi connectivity index (χ3n) is 6.20. The maximum atomic E-state index is 13.9. The summed E-state index contributed by atoms with van der Waals surface area (Å²) in [5.41, 5.74) is 1.35. The summed E-state index contributed by atoms with van der Waals surface area (Å²) in [7, 11) is 8.75. The first-order chi connectivity index (χ1) is 18.4. The molecule has 0 aliphatic heterocycles. The van der Waals surface area contributed by atoms with E-state index in [1.165, 1.54) is 47.2 Å². The monoisotopic (exact) mass is 556 g/mol. The Morgan fingerprint density at radius 3 is 1.79 bits per heavy atom. The van der Waals surface area contributed by atoms with Gasteiger partial charge in [-0.15, -0.1) is 12.4 Å². The van der Waals surface area contributed by atoms with E-state index in [2.05, 4.69) is 4.98 Å². The van der Waals surface area contributed by atoms with Gasteiger partial charge in [0.05, 0.1) is 54.6 Å². The highest BCUT2D eigenvalue weighted by molar-refractivity contribution is 6.08. The van der Waals surface area contributed by atoms with Gasteiger partial charge in [0.25, 0.3) is 5.56 Å². The van der Waals surface area contributed by atoms with Gasteiger partial charge in [0.15, 0.2) is 23.0 Å². The fourth-order valence-electron chi connectivity index (χ4n) is 4.42. The summed E-state index contributed by atoms with van der Waals surface area (Å²) in [6.07, 6.45) is 3.24. The highest BCUT2D eigenvalue weighted by Crippen LogP contribution is 2.44. The summed E-state index contributed by atoms with van der Waals surface area (Å²) in [5, 5.41) is 0.765. The normalized spacial score (nSPS) is 10.4. The lowest BCUT2D eigenvalue weighted by Crippen LogP contribution is -2.28. The van der Waals surface area contributed by atoms with Gasteiger partial charge in [-0.1, -0.05) is 0 Å². The van der Waals surface area contributed by atoms with E-state index in [-0.39, 0.29) is 24.6 Å². The van der Waals surface area contributed by atoms with Crippen LogP contribution in [0.1, 0.15) is 16.1 Å². The van der Waals surface area contributed by atoms with E-state index in [9.17, 15) is 9.59 Å². The van der Waals surface area contributed by atoms with Gasteiger partial charge >= 0.3 is 5.97 Å². The zero-order valence-corrected chi connectivity index (χ0v) is 23.2. The molecule has 0 saturated heterocycles.